The van der Waals surface area contributed by atoms with Crippen molar-refractivity contribution < 1.29 is 22.1 Å². The highest BCUT2D eigenvalue weighted by Crippen LogP contribution is 2.30. The Morgan fingerprint density at radius 1 is 1.00 bits per heavy atom. The van der Waals surface area contributed by atoms with Crippen molar-refractivity contribution in [3.8, 4) is 11.5 Å². The number of nitrogens with one attached hydrogen (secondary N) is 1. The van der Waals surface area contributed by atoms with E-state index in [-0.39, 0.29) is 16.4 Å². The van der Waals surface area contributed by atoms with Gasteiger partial charge in [0.1, 0.15) is 4.90 Å². The summed E-state index contributed by atoms with van der Waals surface area (Å²) in [6.07, 6.45) is 1.35. The highest BCUT2D eigenvalue weighted by atomic mass is 35.5. The van der Waals surface area contributed by atoms with Crippen molar-refractivity contribution in [1.29, 1.82) is 0 Å². The van der Waals surface area contributed by atoms with Gasteiger partial charge in [0.05, 0.1) is 13.3 Å². The Bertz CT molecular complexity index is 1180. The number of ether oxygens (including phenoxy) is 1. The Labute approximate surface area is 179 Å². The minimum absolute atomic E-state index is 0.00790. The van der Waals surface area contributed by atoms with Crippen LogP contribution >= 0.6 is 11.6 Å². The number of nitrogens with zero attached hydrogens (tertiary/aromatic N) is 1. The molecule has 0 unspecified atom stereocenters. The number of amides is 1. The highest BCUT2D eigenvalue weighted by molar-refractivity contribution is 7.87. The molecule has 0 fully saturated rings. The zero-order valence-electron chi connectivity index (χ0n) is 15.8. The molecule has 154 valence electrons. The van der Waals surface area contributed by atoms with Gasteiger partial charge in [-0.25, -0.2) is 5.43 Å². The molecular weight excluding hydrogens is 428 g/mol. The average Bonchev–Trinajstić information content (AvgIpc) is 2.74. The molecule has 0 aliphatic carbocycles. The SMILES string of the molecule is COc1ccc(/C=N/NC(=O)c2cccc(Cl)c2)cc1OS(=O)(=O)c1ccccc1. The van der Waals surface area contributed by atoms with E-state index < -0.39 is 16.0 Å². The molecule has 3 rings (SSSR count). The molecule has 0 atom stereocenters. The maximum atomic E-state index is 12.5. The van der Waals surface area contributed by atoms with Crippen LogP contribution in [0, 0.1) is 0 Å². The average molecular weight is 445 g/mol. The molecule has 0 saturated carbocycles. The van der Waals surface area contributed by atoms with Gasteiger partial charge in [-0.05, 0) is 54.1 Å². The van der Waals surface area contributed by atoms with Crippen molar-refractivity contribution >= 4 is 33.8 Å². The number of rotatable bonds is 7. The molecule has 1 amide bonds. The zero-order chi connectivity index (χ0) is 21.6. The van der Waals surface area contributed by atoms with Crippen LogP contribution in [-0.2, 0) is 10.1 Å². The lowest BCUT2D eigenvalue weighted by Crippen LogP contribution is -2.17. The third-order valence-electron chi connectivity index (χ3n) is 3.89. The van der Waals surface area contributed by atoms with Crippen LogP contribution in [0.25, 0.3) is 0 Å². The molecule has 0 aliphatic rings. The molecule has 0 heterocycles. The van der Waals surface area contributed by atoms with E-state index in [0.717, 1.165) is 0 Å². The molecule has 0 saturated heterocycles. The van der Waals surface area contributed by atoms with Crippen molar-refractivity contribution in [3.05, 3.63) is 88.9 Å². The van der Waals surface area contributed by atoms with Crippen LogP contribution in [0.4, 0.5) is 0 Å². The molecule has 0 aromatic heterocycles. The first kappa shape index (κ1) is 21.4. The lowest BCUT2D eigenvalue weighted by atomic mass is 10.2. The van der Waals surface area contributed by atoms with Gasteiger partial charge in [-0.15, -0.1) is 0 Å². The van der Waals surface area contributed by atoms with E-state index in [9.17, 15) is 13.2 Å². The fourth-order valence-corrected chi connectivity index (χ4v) is 3.60. The molecule has 3 aromatic rings. The third-order valence-corrected chi connectivity index (χ3v) is 5.37. The smallest absolute Gasteiger partial charge is 0.339 e. The van der Waals surface area contributed by atoms with Crippen LogP contribution in [-0.4, -0.2) is 27.6 Å². The van der Waals surface area contributed by atoms with Crippen LogP contribution in [0.1, 0.15) is 15.9 Å². The molecule has 0 radical (unpaired) electrons. The van der Waals surface area contributed by atoms with E-state index in [1.165, 1.54) is 43.7 Å². The highest BCUT2D eigenvalue weighted by Gasteiger charge is 2.19. The first-order chi connectivity index (χ1) is 14.4. The molecular formula is C21H17ClN2O5S. The largest absolute Gasteiger partial charge is 0.493 e. The standard InChI is InChI=1S/C21H17ClN2O5S/c1-28-19-11-10-15(14-23-24-21(25)16-6-5-7-17(22)13-16)12-20(19)29-30(26,27)18-8-3-2-4-9-18/h2-14H,1H3,(H,24,25)/b23-14+. The maximum Gasteiger partial charge on any atom is 0.339 e. The number of hydrogen-bond donors (Lipinski definition) is 1. The molecule has 0 spiro atoms. The lowest BCUT2D eigenvalue weighted by molar-refractivity contribution is 0.0955. The second-order valence-electron chi connectivity index (χ2n) is 5.97. The summed E-state index contributed by atoms with van der Waals surface area (Å²) in [5, 5.41) is 4.32. The topological polar surface area (TPSA) is 94.1 Å². The Kier molecular flexibility index (Phi) is 6.71. The summed E-state index contributed by atoms with van der Waals surface area (Å²) >= 11 is 5.87. The quantitative estimate of drug-likeness (QED) is 0.339. The summed E-state index contributed by atoms with van der Waals surface area (Å²) < 4.78 is 35.4. The van der Waals surface area contributed by atoms with E-state index in [2.05, 4.69) is 10.5 Å². The second kappa shape index (κ2) is 9.43. The molecule has 7 nitrogen and oxygen atoms in total. The Morgan fingerprint density at radius 3 is 2.47 bits per heavy atom. The third kappa shape index (κ3) is 5.37. The number of hydrazone groups is 1. The minimum Gasteiger partial charge on any atom is -0.493 e. The number of hydrogen-bond acceptors (Lipinski definition) is 6. The summed E-state index contributed by atoms with van der Waals surface area (Å²) in [6, 6.07) is 18.8. The number of halogens is 1. The van der Waals surface area contributed by atoms with Crippen LogP contribution in [0.2, 0.25) is 5.02 Å². The molecule has 9 heteroatoms. The predicted octanol–water partition coefficient (Wildman–Crippen LogP) is 3.88. The van der Waals surface area contributed by atoms with Gasteiger partial charge < -0.3 is 8.92 Å². The molecule has 1 N–H and O–H groups in total. The van der Waals surface area contributed by atoms with Crippen molar-refractivity contribution in [2.75, 3.05) is 7.11 Å². The lowest BCUT2D eigenvalue weighted by Gasteiger charge is -2.11. The van der Waals surface area contributed by atoms with Crippen molar-refractivity contribution in [1.82, 2.24) is 5.43 Å². The summed E-state index contributed by atoms with van der Waals surface area (Å²) in [6.45, 7) is 0. The van der Waals surface area contributed by atoms with Gasteiger partial charge in [0, 0.05) is 10.6 Å². The fraction of sp³-hybridized carbons (Fsp3) is 0.0476. The van der Waals surface area contributed by atoms with E-state index in [1.54, 1.807) is 42.5 Å². The molecule has 30 heavy (non-hydrogen) atoms. The number of benzene rings is 3. The molecule has 0 bridgehead atoms. The monoisotopic (exact) mass is 444 g/mol. The van der Waals surface area contributed by atoms with Crippen LogP contribution in [0.15, 0.2) is 82.8 Å². The summed E-state index contributed by atoms with van der Waals surface area (Å²) in [4.78, 5) is 12.1. The van der Waals surface area contributed by atoms with E-state index in [1.807, 2.05) is 0 Å². The van der Waals surface area contributed by atoms with E-state index >= 15 is 0 Å². The summed E-state index contributed by atoms with van der Waals surface area (Å²) in [5.41, 5.74) is 3.22. The van der Waals surface area contributed by atoms with Gasteiger partial charge in [-0.2, -0.15) is 13.5 Å². The maximum absolute atomic E-state index is 12.5. The fourth-order valence-electron chi connectivity index (χ4n) is 2.45. The van der Waals surface area contributed by atoms with E-state index in [0.29, 0.717) is 16.1 Å². The first-order valence-corrected chi connectivity index (χ1v) is 10.4. The Morgan fingerprint density at radius 2 is 1.77 bits per heavy atom. The zero-order valence-corrected chi connectivity index (χ0v) is 17.4. The van der Waals surface area contributed by atoms with Gasteiger partial charge in [-0.3, -0.25) is 4.79 Å². The van der Waals surface area contributed by atoms with Crippen LogP contribution < -0.4 is 14.3 Å². The number of carbonyl (C=O) groups excluding carboxylic acids is 1. The number of carbonyl (C=O) groups is 1. The van der Waals surface area contributed by atoms with Gasteiger partial charge in [-0.1, -0.05) is 35.9 Å². The van der Waals surface area contributed by atoms with Gasteiger partial charge in [0.15, 0.2) is 11.5 Å². The van der Waals surface area contributed by atoms with Gasteiger partial charge in [0.25, 0.3) is 5.91 Å². The summed E-state index contributed by atoms with van der Waals surface area (Å²) in [7, 11) is -2.64. The van der Waals surface area contributed by atoms with Crippen molar-refractivity contribution in [3.63, 3.8) is 0 Å². The van der Waals surface area contributed by atoms with E-state index in [4.69, 9.17) is 20.5 Å². The van der Waals surface area contributed by atoms with Gasteiger partial charge in [0.2, 0.25) is 0 Å². The van der Waals surface area contributed by atoms with Crippen LogP contribution in [0.5, 0.6) is 11.5 Å². The normalized spacial score (nSPS) is 11.3. The first-order valence-electron chi connectivity index (χ1n) is 8.65. The summed E-state index contributed by atoms with van der Waals surface area (Å²) in [5.74, 6) is -0.216. The van der Waals surface area contributed by atoms with Crippen LogP contribution in [0.3, 0.4) is 0 Å². The Hall–Kier alpha value is -3.36. The van der Waals surface area contributed by atoms with Gasteiger partial charge >= 0.3 is 10.1 Å². The predicted molar refractivity (Wildman–Crippen MR) is 114 cm³/mol. The minimum atomic E-state index is -4.04. The van der Waals surface area contributed by atoms with Crippen molar-refractivity contribution in [2.45, 2.75) is 4.90 Å². The molecule has 3 aromatic carbocycles. The Balaban J connectivity index is 1.77. The second-order valence-corrected chi connectivity index (χ2v) is 7.95. The number of methoxy groups -OCH3 is 1. The van der Waals surface area contributed by atoms with Crippen molar-refractivity contribution in [2.24, 2.45) is 5.10 Å². The molecule has 0 aliphatic heterocycles.